The van der Waals surface area contributed by atoms with E-state index in [1.54, 1.807) is 23.2 Å². The van der Waals surface area contributed by atoms with E-state index in [1.807, 2.05) is 0 Å². The molecule has 0 aliphatic carbocycles. The van der Waals surface area contributed by atoms with Crippen LogP contribution in [0, 0.1) is 0 Å². The maximum atomic E-state index is 11.9. The lowest BCUT2D eigenvalue weighted by atomic mass is 10.3. The van der Waals surface area contributed by atoms with Crippen LogP contribution in [0.3, 0.4) is 0 Å². The third kappa shape index (κ3) is 2.54. The van der Waals surface area contributed by atoms with Gasteiger partial charge in [0.15, 0.2) is 0 Å². The number of hydrogen-bond acceptors (Lipinski definition) is 3. The van der Waals surface area contributed by atoms with Gasteiger partial charge in [0.05, 0.1) is 13.2 Å². The van der Waals surface area contributed by atoms with Gasteiger partial charge in [0.25, 0.3) is 5.91 Å². The van der Waals surface area contributed by atoms with Crippen molar-refractivity contribution in [3.05, 3.63) is 28.5 Å². The van der Waals surface area contributed by atoms with Crippen LogP contribution in [0.25, 0.3) is 0 Å². The zero-order valence-electron chi connectivity index (χ0n) is 8.15. The molecule has 2 heterocycles. The van der Waals surface area contributed by atoms with Crippen molar-refractivity contribution in [3.8, 4) is 0 Å². The van der Waals surface area contributed by atoms with Gasteiger partial charge in [0.1, 0.15) is 5.69 Å². The minimum Gasteiger partial charge on any atom is -0.378 e. The highest BCUT2D eigenvalue weighted by Gasteiger charge is 2.19. The summed E-state index contributed by atoms with van der Waals surface area (Å²) in [5.41, 5.74) is 0.478. The van der Waals surface area contributed by atoms with E-state index < -0.39 is 0 Å². The molecule has 0 radical (unpaired) electrons. The van der Waals surface area contributed by atoms with Gasteiger partial charge < -0.3 is 9.64 Å². The van der Waals surface area contributed by atoms with Crippen molar-refractivity contribution in [3.63, 3.8) is 0 Å². The molecule has 4 nitrogen and oxygen atoms in total. The lowest BCUT2D eigenvalue weighted by Crippen LogP contribution is -2.41. The Morgan fingerprint density at radius 1 is 1.47 bits per heavy atom. The first kappa shape index (κ1) is 10.6. The number of rotatable bonds is 1. The van der Waals surface area contributed by atoms with Crippen LogP contribution in [0.1, 0.15) is 10.5 Å². The molecule has 0 unspecified atom stereocenters. The number of halogens is 1. The van der Waals surface area contributed by atoms with Crippen LogP contribution in [0.4, 0.5) is 0 Å². The second-order valence-electron chi connectivity index (χ2n) is 3.26. The maximum absolute atomic E-state index is 11.9. The molecule has 1 aliphatic rings. The predicted molar refractivity (Wildman–Crippen MR) is 58.7 cm³/mol. The van der Waals surface area contributed by atoms with Crippen LogP contribution < -0.4 is 0 Å². The monoisotopic (exact) mass is 270 g/mol. The fraction of sp³-hybridized carbons (Fsp3) is 0.400. The lowest BCUT2D eigenvalue weighted by molar-refractivity contribution is 0.0299. The van der Waals surface area contributed by atoms with Crippen molar-refractivity contribution < 1.29 is 9.53 Å². The fourth-order valence-corrected chi connectivity index (χ4v) is 1.79. The number of amides is 1. The Kier molecular flexibility index (Phi) is 3.33. The van der Waals surface area contributed by atoms with Crippen LogP contribution in [0.5, 0.6) is 0 Å². The standard InChI is InChI=1S/C10H11BrN2O2/c11-8-1-2-12-9(7-8)10(14)13-3-5-15-6-4-13/h1-2,7H,3-6H2. The lowest BCUT2D eigenvalue weighted by Gasteiger charge is -2.26. The molecule has 0 aromatic carbocycles. The highest BCUT2D eigenvalue weighted by atomic mass is 79.9. The quantitative estimate of drug-likeness (QED) is 0.773. The second kappa shape index (κ2) is 4.72. The van der Waals surface area contributed by atoms with Gasteiger partial charge in [-0.05, 0) is 12.1 Å². The van der Waals surface area contributed by atoms with E-state index in [0.29, 0.717) is 32.0 Å². The Morgan fingerprint density at radius 2 is 2.20 bits per heavy atom. The van der Waals surface area contributed by atoms with Gasteiger partial charge in [-0.15, -0.1) is 0 Å². The van der Waals surface area contributed by atoms with Gasteiger partial charge >= 0.3 is 0 Å². The fourth-order valence-electron chi connectivity index (χ4n) is 1.45. The van der Waals surface area contributed by atoms with E-state index in [1.165, 1.54) is 0 Å². The first-order valence-corrected chi connectivity index (χ1v) is 5.55. The van der Waals surface area contributed by atoms with E-state index in [9.17, 15) is 4.79 Å². The summed E-state index contributed by atoms with van der Waals surface area (Å²) in [6, 6.07) is 3.54. The van der Waals surface area contributed by atoms with Gasteiger partial charge in [-0.2, -0.15) is 0 Å². The normalized spacial score (nSPS) is 16.5. The van der Waals surface area contributed by atoms with Crippen molar-refractivity contribution in [1.29, 1.82) is 0 Å². The van der Waals surface area contributed by atoms with Gasteiger partial charge in [-0.1, -0.05) is 15.9 Å². The molecule has 1 fully saturated rings. The third-order valence-corrected chi connectivity index (χ3v) is 2.73. The summed E-state index contributed by atoms with van der Waals surface area (Å²) in [4.78, 5) is 17.8. The zero-order valence-corrected chi connectivity index (χ0v) is 9.74. The molecular formula is C10H11BrN2O2. The first-order valence-electron chi connectivity index (χ1n) is 4.76. The number of morpholine rings is 1. The molecule has 0 saturated carbocycles. The minimum absolute atomic E-state index is 0.0281. The number of ether oxygens (including phenoxy) is 1. The van der Waals surface area contributed by atoms with Crippen LogP contribution in [0.15, 0.2) is 22.8 Å². The molecule has 15 heavy (non-hydrogen) atoms. The molecule has 1 saturated heterocycles. The van der Waals surface area contributed by atoms with Crippen LogP contribution in [-0.4, -0.2) is 42.1 Å². The highest BCUT2D eigenvalue weighted by Crippen LogP contribution is 2.11. The molecule has 5 heteroatoms. The highest BCUT2D eigenvalue weighted by molar-refractivity contribution is 9.10. The van der Waals surface area contributed by atoms with Crippen LogP contribution >= 0.6 is 15.9 Å². The van der Waals surface area contributed by atoms with Crippen molar-refractivity contribution in [2.75, 3.05) is 26.3 Å². The number of nitrogens with zero attached hydrogens (tertiary/aromatic N) is 2. The molecule has 1 amide bonds. The number of carbonyl (C=O) groups is 1. The van der Waals surface area contributed by atoms with Crippen molar-refractivity contribution >= 4 is 21.8 Å². The average Bonchev–Trinajstić information content (AvgIpc) is 2.29. The van der Waals surface area contributed by atoms with Crippen molar-refractivity contribution in [2.45, 2.75) is 0 Å². The van der Waals surface area contributed by atoms with Crippen molar-refractivity contribution in [2.24, 2.45) is 0 Å². The van der Waals surface area contributed by atoms with E-state index in [0.717, 1.165) is 4.47 Å². The molecule has 0 atom stereocenters. The Balaban J connectivity index is 2.12. The van der Waals surface area contributed by atoms with E-state index in [-0.39, 0.29) is 5.91 Å². The topological polar surface area (TPSA) is 42.4 Å². The van der Waals surface area contributed by atoms with Gasteiger partial charge in [-0.25, -0.2) is 0 Å². The Labute approximate surface area is 96.4 Å². The number of aromatic nitrogens is 1. The first-order chi connectivity index (χ1) is 7.27. The molecule has 1 aromatic rings. The average molecular weight is 271 g/mol. The molecule has 0 N–H and O–H groups in total. The van der Waals surface area contributed by atoms with E-state index in [4.69, 9.17) is 4.74 Å². The molecule has 1 aliphatic heterocycles. The number of pyridine rings is 1. The molecular weight excluding hydrogens is 260 g/mol. The largest absolute Gasteiger partial charge is 0.378 e. The Bertz CT molecular complexity index is 364. The van der Waals surface area contributed by atoms with E-state index in [2.05, 4.69) is 20.9 Å². The summed E-state index contributed by atoms with van der Waals surface area (Å²) in [5, 5.41) is 0. The maximum Gasteiger partial charge on any atom is 0.272 e. The zero-order chi connectivity index (χ0) is 10.7. The summed E-state index contributed by atoms with van der Waals surface area (Å²) in [6.45, 7) is 2.51. The molecule has 2 rings (SSSR count). The SMILES string of the molecule is O=C(c1cc(Br)ccn1)N1CCOCC1. The summed E-state index contributed by atoms with van der Waals surface area (Å²) < 4.78 is 6.06. The minimum atomic E-state index is -0.0281. The van der Waals surface area contributed by atoms with Gasteiger partial charge in [-0.3, -0.25) is 9.78 Å². The summed E-state index contributed by atoms with van der Waals surface area (Å²) in [5.74, 6) is -0.0281. The smallest absolute Gasteiger partial charge is 0.272 e. The Morgan fingerprint density at radius 3 is 2.87 bits per heavy atom. The number of carbonyl (C=O) groups excluding carboxylic acids is 1. The predicted octanol–water partition coefficient (Wildman–Crippen LogP) is 1.32. The van der Waals surface area contributed by atoms with Gasteiger partial charge in [0, 0.05) is 23.8 Å². The molecule has 1 aromatic heterocycles. The summed E-state index contributed by atoms with van der Waals surface area (Å²) in [6.07, 6.45) is 1.62. The van der Waals surface area contributed by atoms with Crippen molar-refractivity contribution in [1.82, 2.24) is 9.88 Å². The summed E-state index contributed by atoms with van der Waals surface area (Å²) in [7, 11) is 0. The number of hydrogen-bond donors (Lipinski definition) is 0. The van der Waals surface area contributed by atoms with Crippen LogP contribution in [0.2, 0.25) is 0 Å². The molecule has 80 valence electrons. The molecule has 0 spiro atoms. The third-order valence-electron chi connectivity index (χ3n) is 2.24. The Hall–Kier alpha value is -0.940. The molecule has 0 bridgehead atoms. The second-order valence-corrected chi connectivity index (χ2v) is 4.18. The summed E-state index contributed by atoms with van der Waals surface area (Å²) >= 11 is 3.32. The van der Waals surface area contributed by atoms with Gasteiger partial charge in [0.2, 0.25) is 0 Å². The van der Waals surface area contributed by atoms with Crippen LogP contribution in [-0.2, 0) is 4.74 Å². The van der Waals surface area contributed by atoms with E-state index >= 15 is 0 Å².